The number of anilines is 2. The molecule has 0 saturated heterocycles. The number of carbonyl (C=O) groups is 1. The highest BCUT2D eigenvalue weighted by atomic mass is 16.1. The van der Waals surface area contributed by atoms with E-state index in [-0.39, 0.29) is 11.8 Å². The van der Waals surface area contributed by atoms with Crippen LogP contribution in [-0.2, 0) is 4.79 Å². The van der Waals surface area contributed by atoms with E-state index in [0.717, 1.165) is 35.3 Å². The number of nitrogens with two attached hydrogens (primary N) is 1. The van der Waals surface area contributed by atoms with Crippen molar-refractivity contribution in [1.29, 1.82) is 0 Å². The summed E-state index contributed by atoms with van der Waals surface area (Å²) in [6.45, 7) is 3.93. The maximum absolute atomic E-state index is 11.9. The minimum Gasteiger partial charge on any atom is -0.398 e. The van der Waals surface area contributed by atoms with Crippen molar-refractivity contribution >= 4 is 17.3 Å². The number of nitrogens with one attached hydrogen (secondary N) is 1. The Labute approximate surface area is 96.0 Å². The Bertz CT molecular complexity index is 422. The van der Waals surface area contributed by atoms with Gasteiger partial charge in [-0.2, -0.15) is 0 Å². The number of benzene rings is 1. The second-order valence-electron chi connectivity index (χ2n) is 4.59. The SMILES string of the molecule is Cc1ccc(N)c(C)c1NC(=O)C1CCC1. The lowest BCUT2D eigenvalue weighted by atomic mass is 9.84. The summed E-state index contributed by atoms with van der Waals surface area (Å²) in [5.41, 5.74) is 9.49. The first-order chi connectivity index (χ1) is 7.59. The Morgan fingerprint density at radius 3 is 2.62 bits per heavy atom. The molecule has 16 heavy (non-hydrogen) atoms. The van der Waals surface area contributed by atoms with Crippen LogP contribution in [0.4, 0.5) is 11.4 Å². The van der Waals surface area contributed by atoms with E-state index in [4.69, 9.17) is 5.73 Å². The Hall–Kier alpha value is -1.51. The van der Waals surface area contributed by atoms with Crippen molar-refractivity contribution in [2.75, 3.05) is 11.1 Å². The molecule has 0 atom stereocenters. The largest absolute Gasteiger partial charge is 0.398 e. The van der Waals surface area contributed by atoms with Gasteiger partial charge >= 0.3 is 0 Å². The molecular formula is C13H18N2O. The molecule has 0 radical (unpaired) electrons. The first-order valence-electron chi connectivity index (χ1n) is 5.76. The maximum atomic E-state index is 11.9. The van der Waals surface area contributed by atoms with Crippen LogP contribution in [0.15, 0.2) is 12.1 Å². The molecule has 3 N–H and O–H groups in total. The number of rotatable bonds is 2. The summed E-state index contributed by atoms with van der Waals surface area (Å²) in [7, 11) is 0. The van der Waals surface area contributed by atoms with E-state index in [0.29, 0.717) is 0 Å². The predicted molar refractivity (Wildman–Crippen MR) is 66.3 cm³/mol. The average Bonchev–Trinajstić information content (AvgIpc) is 2.16. The topological polar surface area (TPSA) is 55.1 Å². The molecule has 0 aromatic heterocycles. The molecular weight excluding hydrogens is 200 g/mol. The predicted octanol–water partition coefficient (Wildman–Crippen LogP) is 2.62. The van der Waals surface area contributed by atoms with E-state index in [1.165, 1.54) is 6.42 Å². The molecule has 86 valence electrons. The van der Waals surface area contributed by atoms with E-state index in [2.05, 4.69) is 5.32 Å². The Balaban J connectivity index is 2.19. The van der Waals surface area contributed by atoms with Gasteiger partial charge in [0.05, 0.1) is 0 Å². The standard InChI is InChI=1S/C13H18N2O/c1-8-6-7-11(14)9(2)12(8)15-13(16)10-4-3-5-10/h6-7,10H,3-5,14H2,1-2H3,(H,15,16). The lowest BCUT2D eigenvalue weighted by molar-refractivity contribution is -0.122. The van der Waals surface area contributed by atoms with Crippen molar-refractivity contribution in [1.82, 2.24) is 0 Å². The molecule has 0 heterocycles. The van der Waals surface area contributed by atoms with Gasteiger partial charge < -0.3 is 11.1 Å². The van der Waals surface area contributed by atoms with Gasteiger partial charge in [-0.15, -0.1) is 0 Å². The molecule has 0 spiro atoms. The van der Waals surface area contributed by atoms with Crippen LogP contribution in [-0.4, -0.2) is 5.91 Å². The number of nitrogen functional groups attached to an aromatic ring is 1. The zero-order chi connectivity index (χ0) is 11.7. The second kappa shape index (κ2) is 4.16. The van der Waals surface area contributed by atoms with Gasteiger partial charge in [-0.1, -0.05) is 12.5 Å². The number of carbonyl (C=O) groups excluding carboxylic acids is 1. The Morgan fingerprint density at radius 2 is 2.06 bits per heavy atom. The van der Waals surface area contributed by atoms with Crippen LogP contribution < -0.4 is 11.1 Å². The number of amides is 1. The van der Waals surface area contributed by atoms with Crippen LogP contribution in [0, 0.1) is 19.8 Å². The maximum Gasteiger partial charge on any atom is 0.227 e. The smallest absolute Gasteiger partial charge is 0.227 e. The molecule has 1 aliphatic carbocycles. The van der Waals surface area contributed by atoms with Crippen molar-refractivity contribution in [3.05, 3.63) is 23.3 Å². The van der Waals surface area contributed by atoms with Gasteiger partial charge in [0.25, 0.3) is 0 Å². The summed E-state index contributed by atoms with van der Waals surface area (Å²) in [5.74, 6) is 0.350. The van der Waals surface area contributed by atoms with Crippen LogP contribution in [0.3, 0.4) is 0 Å². The van der Waals surface area contributed by atoms with E-state index in [1.54, 1.807) is 0 Å². The van der Waals surface area contributed by atoms with Gasteiger partial charge in [0.2, 0.25) is 5.91 Å². The summed E-state index contributed by atoms with van der Waals surface area (Å²) in [6.07, 6.45) is 3.21. The molecule has 0 aliphatic heterocycles. The fourth-order valence-electron chi connectivity index (χ4n) is 1.95. The fourth-order valence-corrected chi connectivity index (χ4v) is 1.95. The van der Waals surface area contributed by atoms with Gasteiger partial charge in [-0.3, -0.25) is 4.79 Å². The van der Waals surface area contributed by atoms with Crippen molar-refractivity contribution in [2.24, 2.45) is 5.92 Å². The highest BCUT2D eigenvalue weighted by Gasteiger charge is 2.25. The highest BCUT2D eigenvalue weighted by Crippen LogP contribution is 2.30. The number of aryl methyl sites for hydroxylation is 1. The highest BCUT2D eigenvalue weighted by molar-refractivity contribution is 5.95. The first kappa shape index (κ1) is 11.0. The van der Waals surface area contributed by atoms with E-state index in [1.807, 2.05) is 26.0 Å². The van der Waals surface area contributed by atoms with Crippen molar-refractivity contribution in [3.63, 3.8) is 0 Å². The van der Waals surface area contributed by atoms with Crippen LogP contribution in [0.5, 0.6) is 0 Å². The van der Waals surface area contributed by atoms with E-state index in [9.17, 15) is 4.79 Å². The summed E-state index contributed by atoms with van der Waals surface area (Å²) >= 11 is 0. The monoisotopic (exact) mass is 218 g/mol. The number of hydrogen-bond donors (Lipinski definition) is 2. The van der Waals surface area contributed by atoms with Crippen molar-refractivity contribution < 1.29 is 4.79 Å². The van der Waals surface area contributed by atoms with E-state index >= 15 is 0 Å². The lowest BCUT2D eigenvalue weighted by Gasteiger charge is -2.25. The van der Waals surface area contributed by atoms with Gasteiger partial charge in [-0.25, -0.2) is 0 Å². The lowest BCUT2D eigenvalue weighted by Crippen LogP contribution is -2.28. The van der Waals surface area contributed by atoms with Crippen molar-refractivity contribution in [3.8, 4) is 0 Å². The quantitative estimate of drug-likeness (QED) is 0.750. The van der Waals surface area contributed by atoms with Crippen LogP contribution >= 0.6 is 0 Å². The zero-order valence-electron chi connectivity index (χ0n) is 9.84. The van der Waals surface area contributed by atoms with E-state index < -0.39 is 0 Å². The molecule has 1 aromatic carbocycles. The minimum absolute atomic E-state index is 0.142. The first-order valence-corrected chi connectivity index (χ1v) is 5.76. The van der Waals surface area contributed by atoms with Gasteiger partial charge in [0.15, 0.2) is 0 Å². The third-order valence-corrected chi connectivity index (χ3v) is 3.44. The second-order valence-corrected chi connectivity index (χ2v) is 4.59. The molecule has 2 rings (SSSR count). The fraction of sp³-hybridized carbons (Fsp3) is 0.462. The molecule has 1 saturated carbocycles. The van der Waals surface area contributed by atoms with Crippen molar-refractivity contribution in [2.45, 2.75) is 33.1 Å². The molecule has 1 aliphatic rings. The molecule has 3 heteroatoms. The molecule has 1 fully saturated rings. The molecule has 1 aromatic rings. The zero-order valence-corrected chi connectivity index (χ0v) is 9.84. The van der Waals surface area contributed by atoms with Crippen LogP contribution in [0.2, 0.25) is 0 Å². The number of hydrogen-bond acceptors (Lipinski definition) is 2. The minimum atomic E-state index is 0.142. The molecule has 0 unspecified atom stereocenters. The van der Waals surface area contributed by atoms with Crippen LogP contribution in [0.25, 0.3) is 0 Å². The molecule has 3 nitrogen and oxygen atoms in total. The third kappa shape index (κ3) is 1.90. The van der Waals surface area contributed by atoms with Crippen LogP contribution in [0.1, 0.15) is 30.4 Å². The summed E-state index contributed by atoms with van der Waals surface area (Å²) in [5, 5.41) is 3.00. The summed E-state index contributed by atoms with van der Waals surface area (Å²) < 4.78 is 0. The average molecular weight is 218 g/mol. The summed E-state index contributed by atoms with van der Waals surface area (Å²) in [6, 6.07) is 3.82. The normalized spacial score (nSPS) is 15.6. The molecule has 1 amide bonds. The third-order valence-electron chi connectivity index (χ3n) is 3.44. The Kier molecular flexibility index (Phi) is 2.86. The Morgan fingerprint density at radius 1 is 1.38 bits per heavy atom. The summed E-state index contributed by atoms with van der Waals surface area (Å²) in [4.78, 5) is 11.9. The van der Waals surface area contributed by atoms with Gasteiger partial charge in [0, 0.05) is 17.3 Å². The van der Waals surface area contributed by atoms with Gasteiger partial charge in [-0.05, 0) is 43.9 Å². The molecule has 0 bridgehead atoms. The van der Waals surface area contributed by atoms with Gasteiger partial charge in [0.1, 0.15) is 0 Å².